The fourth-order valence-corrected chi connectivity index (χ4v) is 5.43. The van der Waals surface area contributed by atoms with Gasteiger partial charge in [0.2, 0.25) is 0 Å². The number of nitrogen functional groups attached to an aromatic ring is 1. The van der Waals surface area contributed by atoms with E-state index < -0.39 is 0 Å². The van der Waals surface area contributed by atoms with E-state index in [-0.39, 0.29) is 24.1 Å². The van der Waals surface area contributed by atoms with Crippen molar-refractivity contribution in [2.24, 2.45) is 0 Å². The number of ether oxygens (including phenoxy) is 3. The van der Waals surface area contributed by atoms with Crippen LogP contribution >= 0.6 is 11.6 Å². The molecular formula is C26H39ClN4O5. The molecule has 3 aliphatic rings. The Balaban J connectivity index is 1.13. The fraction of sp³-hybridized carbons (Fsp3) is 0.692. The summed E-state index contributed by atoms with van der Waals surface area (Å²) >= 11 is 6.08. The average molecular weight is 523 g/mol. The van der Waals surface area contributed by atoms with Gasteiger partial charge in [0.05, 0.1) is 36.1 Å². The van der Waals surface area contributed by atoms with Crippen molar-refractivity contribution in [1.29, 1.82) is 0 Å². The van der Waals surface area contributed by atoms with Gasteiger partial charge in [-0.25, -0.2) is 0 Å². The van der Waals surface area contributed by atoms with Crippen LogP contribution in [-0.4, -0.2) is 92.9 Å². The van der Waals surface area contributed by atoms with Crippen LogP contribution in [0.4, 0.5) is 5.69 Å². The molecule has 36 heavy (non-hydrogen) atoms. The molecule has 9 nitrogen and oxygen atoms in total. The zero-order chi connectivity index (χ0) is 25.5. The lowest BCUT2D eigenvalue weighted by atomic mass is 10.00. The quantitative estimate of drug-likeness (QED) is 0.274. The molecule has 3 aliphatic heterocycles. The van der Waals surface area contributed by atoms with Crippen molar-refractivity contribution >= 4 is 29.2 Å². The number of amides is 1. The number of benzene rings is 1. The Morgan fingerprint density at radius 2 is 2.06 bits per heavy atom. The summed E-state index contributed by atoms with van der Waals surface area (Å²) in [4.78, 5) is 29.8. The third kappa shape index (κ3) is 7.25. The van der Waals surface area contributed by atoms with Crippen LogP contribution in [0, 0.1) is 0 Å². The molecule has 1 aromatic rings. The molecule has 4 rings (SSSR count). The van der Waals surface area contributed by atoms with Gasteiger partial charge in [-0.2, -0.15) is 0 Å². The number of rotatable bonds is 10. The molecule has 0 radical (unpaired) electrons. The number of carbonyl (C=O) groups excluding carboxylic acids is 2. The Morgan fingerprint density at radius 1 is 1.19 bits per heavy atom. The average Bonchev–Trinajstić information content (AvgIpc) is 2.99. The number of halogens is 1. The number of carbonyl (C=O) groups is 2. The number of fused-ring (bicyclic) bond motifs is 1. The maximum atomic E-state index is 12.7. The first-order valence-corrected chi connectivity index (χ1v) is 13.5. The van der Waals surface area contributed by atoms with Crippen LogP contribution in [0.25, 0.3) is 0 Å². The van der Waals surface area contributed by atoms with E-state index in [1.165, 1.54) is 26.0 Å². The molecule has 3 N–H and O–H groups in total. The van der Waals surface area contributed by atoms with Gasteiger partial charge in [-0.05, 0) is 51.1 Å². The lowest BCUT2D eigenvalue weighted by Gasteiger charge is -2.40. The first-order chi connectivity index (χ1) is 17.4. The fourth-order valence-electron chi connectivity index (χ4n) is 5.27. The Kier molecular flexibility index (Phi) is 9.70. The highest BCUT2D eigenvalue weighted by Crippen LogP contribution is 2.29. The number of hydrogen-bond acceptors (Lipinski definition) is 8. The molecule has 3 atom stereocenters. The predicted molar refractivity (Wildman–Crippen MR) is 138 cm³/mol. The molecule has 0 bridgehead atoms. The minimum atomic E-state index is -0.286. The summed E-state index contributed by atoms with van der Waals surface area (Å²) < 4.78 is 16.9. The summed E-state index contributed by atoms with van der Waals surface area (Å²) in [6, 6.07) is 3.78. The molecule has 3 saturated heterocycles. The lowest BCUT2D eigenvalue weighted by molar-refractivity contribution is -0.150. The molecule has 1 amide bonds. The third-order valence-corrected chi connectivity index (χ3v) is 7.77. The van der Waals surface area contributed by atoms with Crippen molar-refractivity contribution in [3.8, 4) is 5.75 Å². The highest BCUT2D eigenvalue weighted by molar-refractivity contribution is 6.33. The summed E-state index contributed by atoms with van der Waals surface area (Å²) in [5.41, 5.74) is 6.50. The number of nitrogens with one attached hydrogen (secondary N) is 1. The smallest absolute Gasteiger partial charge is 0.306 e. The summed E-state index contributed by atoms with van der Waals surface area (Å²) in [5, 5.41) is 3.22. The van der Waals surface area contributed by atoms with Crippen LogP contribution in [0.5, 0.6) is 5.75 Å². The molecule has 10 heteroatoms. The summed E-state index contributed by atoms with van der Waals surface area (Å²) in [5.74, 6) is 0.0222. The largest absolute Gasteiger partial charge is 0.496 e. The van der Waals surface area contributed by atoms with E-state index in [9.17, 15) is 9.59 Å². The molecule has 0 spiro atoms. The van der Waals surface area contributed by atoms with Crippen molar-refractivity contribution in [1.82, 2.24) is 15.1 Å². The molecule has 0 aliphatic carbocycles. The van der Waals surface area contributed by atoms with E-state index in [4.69, 9.17) is 31.5 Å². The molecule has 3 heterocycles. The van der Waals surface area contributed by atoms with Gasteiger partial charge in [0.25, 0.3) is 5.91 Å². The van der Waals surface area contributed by atoms with E-state index in [0.717, 1.165) is 64.4 Å². The molecule has 0 saturated carbocycles. The highest BCUT2D eigenvalue weighted by atomic mass is 35.5. The summed E-state index contributed by atoms with van der Waals surface area (Å²) in [6.45, 7) is 5.50. The van der Waals surface area contributed by atoms with E-state index in [1.54, 1.807) is 6.07 Å². The third-order valence-electron chi connectivity index (χ3n) is 7.45. The maximum Gasteiger partial charge on any atom is 0.306 e. The van der Waals surface area contributed by atoms with Gasteiger partial charge in [0.15, 0.2) is 0 Å². The first-order valence-electron chi connectivity index (χ1n) is 13.1. The van der Waals surface area contributed by atoms with Crippen LogP contribution in [0.3, 0.4) is 0 Å². The van der Waals surface area contributed by atoms with Crippen LogP contribution in [0.1, 0.15) is 55.3 Å². The van der Waals surface area contributed by atoms with Crippen molar-refractivity contribution < 1.29 is 23.8 Å². The standard InChI is InChI=1S/C26H39ClN4O5/c1-34-24-14-23(28)22(27)13-21(24)26(33)29-15-20-16-30(11-12-35-20)9-3-2-7-25(32)36-19-6-4-5-18-8-10-31(18)17-19/h13-14,18-20H,2-12,15-17,28H2,1H3,(H,29,33)/t18?,19-,20-/m1/s1. The van der Waals surface area contributed by atoms with Crippen molar-refractivity contribution in [3.05, 3.63) is 22.7 Å². The van der Waals surface area contributed by atoms with Gasteiger partial charge in [-0.1, -0.05) is 11.6 Å². The maximum absolute atomic E-state index is 12.7. The van der Waals surface area contributed by atoms with Crippen LogP contribution in [0.15, 0.2) is 12.1 Å². The number of morpholine rings is 1. The van der Waals surface area contributed by atoms with Crippen LogP contribution in [-0.2, 0) is 14.3 Å². The zero-order valence-electron chi connectivity index (χ0n) is 21.2. The Morgan fingerprint density at radius 3 is 2.83 bits per heavy atom. The van der Waals surface area contributed by atoms with Crippen LogP contribution in [0.2, 0.25) is 5.02 Å². The van der Waals surface area contributed by atoms with Gasteiger partial charge >= 0.3 is 5.97 Å². The van der Waals surface area contributed by atoms with Gasteiger partial charge in [-0.3, -0.25) is 19.4 Å². The number of nitrogens with zero attached hydrogens (tertiary/aromatic N) is 2. The lowest BCUT2D eigenvalue weighted by Crippen LogP contribution is -2.49. The topological polar surface area (TPSA) is 106 Å². The SMILES string of the molecule is COc1cc(N)c(Cl)cc1C(=O)NC[C@@H]1CN(CCCCC(=O)O[C@@H]2CCCC3CCN3C2)CCO1. The number of methoxy groups -OCH3 is 1. The van der Waals surface area contributed by atoms with E-state index in [1.807, 2.05) is 0 Å². The Labute approximate surface area is 218 Å². The van der Waals surface area contributed by atoms with Crippen molar-refractivity contribution in [3.63, 3.8) is 0 Å². The first kappa shape index (κ1) is 27.0. The number of unbranched alkanes of at least 4 members (excludes halogenated alkanes) is 1. The van der Waals surface area contributed by atoms with E-state index in [0.29, 0.717) is 41.6 Å². The van der Waals surface area contributed by atoms with Crippen molar-refractivity contribution in [2.75, 3.05) is 58.7 Å². The number of anilines is 1. The highest BCUT2D eigenvalue weighted by Gasteiger charge is 2.33. The second kappa shape index (κ2) is 12.9. The predicted octanol–water partition coefficient (Wildman–Crippen LogP) is 2.70. The monoisotopic (exact) mass is 522 g/mol. The Bertz CT molecular complexity index is 917. The van der Waals surface area contributed by atoms with E-state index >= 15 is 0 Å². The van der Waals surface area contributed by atoms with E-state index in [2.05, 4.69) is 15.1 Å². The van der Waals surface area contributed by atoms with Crippen molar-refractivity contribution in [2.45, 2.75) is 63.2 Å². The minimum absolute atomic E-state index is 0.0576. The molecule has 1 aromatic carbocycles. The molecule has 3 fully saturated rings. The number of hydrogen-bond donors (Lipinski definition) is 2. The number of esters is 1. The number of nitrogens with two attached hydrogens (primary N) is 1. The minimum Gasteiger partial charge on any atom is -0.496 e. The molecule has 200 valence electrons. The van der Waals surface area contributed by atoms with Gasteiger partial charge < -0.3 is 25.3 Å². The van der Waals surface area contributed by atoms with Gasteiger partial charge in [0, 0.05) is 51.3 Å². The second-order valence-electron chi connectivity index (χ2n) is 10.0. The summed E-state index contributed by atoms with van der Waals surface area (Å²) in [7, 11) is 1.49. The summed E-state index contributed by atoms with van der Waals surface area (Å²) in [6.07, 6.45) is 6.83. The van der Waals surface area contributed by atoms with Gasteiger partial charge in [-0.15, -0.1) is 0 Å². The Hall–Kier alpha value is -2.07. The second-order valence-corrected chi connectivity index (χ2v) is 10.4. The zero-order valence-corrected chi connectivity index (χ0v) is 21.9. The molecule has 1 unspecified atom stereocenters. The molecular weight excluding hydrogens is 484 g/mol. The normalized spacial score (nSPS) is 24.8. The van der Waals surface area contributed by atoms with Gasteiger partial charge in [0.1, 0.15) is 11.9 Å². The molecule has 0 aromatic heterocycles. The van der Waals surface area contributed by atoms with Crippen LogP contribution < -0.4 is 15.8 Å².